The third-order valence-corrected chi connectivity index (χ3v) is 4.03. The lowest BCUT2D eigenvalue weighted by Crippen LogP contribution is -2.00. The highest BCUT2D eigenvalue weighted by Gasteiger charge is 2.02. The first-order valence-electron chi connectivity index (χ1n) is 6.53. The SMILES string of the molecule is CCC(C)c1ccc(OCCc2ccsc2)cc1. The summed E-state index contributed by atoms with van der Waals surface area (Å²) < 4.78 is 5.75. The minimum absolute atomic E-state index is 0.629. The third kappa shape index (κ3) is 3.61. The molecule has 1 atom stereocenters. The molecule has 1 nitrogen and oxygen atoms in total. The summed E-state index contributed by atoms with van der Waals surface area (Å²) in [5.41, 5.74) is 2.75. The van der Waals surface area contributed by atoms with Gasteiger partial charge in [-0.2, -0.15) is 11.3 Å². The van der Waals surface area contributed by atoms with Gasteiger partial charge in [-0.25, -0.2) is 0 Å². The van der Waals surface area contributed by atoms with Gasteiger partial charge >= 0.3 is 0 Å². The molecule has 18 heavy (non-hydrogen) atoms. The van der Waals surface area contributed by atoms with Gasteiger partial charge < -0.3 is 4.74 Å². The monoisotopic (exact) mass is 260 g/mol. The van der Waals surface area contributed by atoms with E-state index in [9.17, 15) is 0 Å². The van der Waals surface area contributed by atoms with Crippen molar-refractivity contribution in [3.05, 3.63) is 52.2 Å². The molecule has 2 aromatic rings. The second kappa shape index (κ2) is 6.60. The van der Waals surface area contributed by atoms with E-state index in [2.05, 4.69) is 54.9 Å². The van der Waals surface area contributed by atoms with Crippen LogP contribution in [-0.4, -0.2) is 6.61 Å². The zero-order valence-corrected chi connectivity index (χ0v) is 11.9. The number of benzene rings is 1. The van der Waals surface area contributed by atoms with E-state index in [0.29, 0.717) is 5.92 Å². The zero-order valence-electron chi connectivity index (χ0n) is 11.1. The van der Waals surface area contributed by atoms with Crippen LogP contribution >= 0.6 is 11.3 Å². The molecule has 2 rings (SSSR count). The van der Waals surface area contributed by atoms with E-state index >= 15 is 0 Å². The molecule has 0 saturated carbocycles. The number of hydrogen-bond donors (Lipinski definition) is 0. The van der Waals surface area contributed by atoms with Gasteiger partial charge in [-0.15, -0.1) is 0 Å². The van der Waals surface area contributed by atoms with Crippen molar-refractivity contribution in [2.24, 2.45) is 0 Å². The Morgan fingerprint density at radius 3 is 2.56 bits per heavy atom. The van der Waals surface area contributed by atoms with Crippen LogP contribution in [0.25, 0.3) is 0 Å². The van der Waals surface area contributed by atoms with E-state index in [4.69, 9.17) is 4.74 Å². The number of ether oxygens (including phenoxy) is 1. The van der Waals surface area contributed by atoms with E-state index < -0.39 is 0 Å². The van der Waals surface area contributed by atoms with Gasteiger partial charge in [0.1, 0.15) is 5.75 Å². The summed E-state index contributed by atoms with van der Waals surface area (Å²) in [6.07, 6.45) is 2.16. The molecule has 0 aliphatic heterocycles. The first-order chi connectivity index (χ1) is 8.79. The number of hydrogen-bond acceptors (Lipinski definition) is 2. The summed E-state index contributed by atoms with van der Waals surface area (Å²) in [4.78, 5) is 0. The molecule has 0 bridgehead atoms. The molecule has 96 valence electrons. The molecule has 1 aromatic carbocycles. The highest BCUT2D eigenvalue weighted by atomic mass is 32.1. The molecular weight excluding hydrogens is 240 g/mol. The van der Waals surface area contributed by atoms with Gasteiger partial charge in [0, 0.05) is 6.42 Å². The van der Waals surface area contributed by atoms with Gasteiger partial charge in [-0.05, 0) is 52.4 Å². The van der Waals surface area contributed by atoms with Crippen molar-refractivity contribution < 1.29 is 4.74 Å². The Morgan fingerprint density at radius 1 is 1.17 bits per heavy atom. The topological polar surface area (TPSA) is 9.23 Å². The van der Waals surface area contributed by atoms with Crippen LogP contribution in [0, 0.1) is 0 Å². The summed E-state index contributed by atoms with van der Waals surface area (Å²) in [5.74, 6) is 1.60. The maximum absolute atomic E-state index is 5.75. The van der Waals surface area contributed by atoms with Crippen molar-refractivity contribution in [2.45, 2.75) is 32.6 Å². The molecule has 1 aromatic heterocycles. The maximum atomic E-state index is 5.75. The minimum Gasteiger partial charge on any atom is -0.493 e. The van der Waals surface area contributed by atoms with Crippen LogP contribution in [-0.2, 0) is 6.42 Å². The van der Waals surface area contributed by atoms with Crippen LogP contribution in [0.15, 0.2) is 41.1 Å². The molecule has 0 spiro atoms. The molecule has 2 heteroatoms. The average Bonchev–Trinajstić information content (AvgIpc) is 2.92. The van der Waals surface area contributed by atoms with Crippen LogP contribution in [0.4, 0.5) is 0 Å². The number of rotatable bonds is 6. The van der Waals surface area contributed by atoms with Crippen LogP contribution < -0.4 is 4.74 Å². The van der Waals surface area contributed by atoms with Gasteiger partial charge in [0.2, 0.25) is 0 Å². The largest absolute Gasteiger partial charge is 0.493 e. The Bertz CT molecular complexity index is 444. The van der Waals surface area contributed by atoms with Gasteiger partial charge in [-0.1, -0.05) is 26.0 Å². The molecular formula is C16H20OS. The third-order valence-electron chi connectivity index (χ3n) is 3.30. The lowest BCUT2D eigenvalue weighted by molar-refractivity contribution is 0.322. The summed E-state index contributed by atoms with van der Waals surface area (Å²) >= 11 is 1.74. The van der Waals surface area contributed by atoms with Gasteiger partial charge in [0.25, 0.3) is 0 Å². The first kappa shape index (κ1) is 13.2. The van der Waals surface area contributed by atoms with Crippen molar-refractivity contribution in [1.29, 1.82) is 0 Å². The second-order valence-electron chi connectivity index (χ2n) is 4.61. The Labute approximate surface area is 113 Å². The average molecular weight is 260 g/mol. The standard InChI is InChI=1S/C16H20OS/c1-3-13(2)15-4-6-16(7-5-15)17-10-8-14-9-11-18-12-14/h4-7,9,11-13H,3,8,10H2,1-2H3. The highest BCUT2D eigenvalue weighted by Crippen LogP contribution is 2.21. The van der Waals surface area contributed by atoms with Crippen molar-refractivity contribution in [3.8, 4) is 5.75 Å². The molecule has 0 N–H and O–H groups in total. The smallest absolute Gasteiger partial charge is 0.119 e. The minimum atomic E-state index is 0.629. The Morgan fingerprint density at radius 2 is 1.94 bits per heavy atom. The van der Waals surface area contributed by atoms with E-state index in [-0.39, 0.29) is 0 Å². The van der Waals surface area contributed by atoms with Crippen molar-refractivity contribution in [1.82, 2.24) is 0 Å². The Balaban J connectivity index is 1.83. The van der Waals surface area contributed by atoms with Crippen molar-refractivity contribution in [2.75, 3.05) is 6.61 Å². The second-order valence-corrected chi connectivity index (χ2v) is 5.39. The fourth-order valence-corrected chi connectivity index (χ4v) is 2.55. The van der Waals surface area contributed by atoms with Crippen LogP contribution in [0.3, 0.4) is 0 Å². The van der Waals surface area contributed by atoms with Crippen LogP contribution in [0.5, 0.6) is 5.75 Å². The maximum Gasteiger partial charge on any atom is 0.119 e. The molecule has 0 aliphatic carbocycles. The predicted octanol–water partition coefficient (Wildman–Crippen LogP) is 4.88. The summed E-state index contributed by atoms with van der Waals surface area (Å²) in [7, 11) is 0. The van der Waals surface area contributed by atoms with Crippen LogP contribution in [0.2, 0.25) is 0 Å². The first-order valence-corrected chi connectivity index (χ1v) is 7.47. The van der Waals surface area contributed by atoms with Gasteiger partial charge in [0.15, 0.2) is 0 Å². The highest BCUT2D eigenvalue weighted by molar-refractivity contribution is 7.07. The van der Waals surface area contributed by atoms with E-state index in [1.165, 1.54) is 17.5 Å². The molecule has 1 unspecified atom stereocenters. The fraction of sp³-hybridized carbons (Fsp3) is 0.375. The molecule has 0 saturated heterocycles. The van der Waals surface area contributed by atoms with Crippen LogP contribution in [0.1, 0.15) is 37.3 Å². The zero-order chi connectivity index (χ0) is 12.8. The molecule has 0 radical (unpaired) electrons. The molecule has 0 fully saturated rings. The van der Waals surface area contributed by atoms with E-state index in [1.54, 1.807) is 11.3 Å². The summed E-state index contributed by atoms with van der Waals surface area (Å²) in [6, 6.07) is 10.7. The Hall–Kier alpha value is -1.28. The Kier molecular flexibility index (Phi) is 4.82. The lowest BCUT2D eigenvalue weighted by Gasteiger charge is -2.10. The quantitative estimate of drug-likeness (QED) is 0.719. The number of thiophene rings is 1. The van der Waals surface area contributed by atoms with Crippen molar-refractivity contribution >= 4 is 11.3 Å². The molecule has 0 amide bonds. The van der Waals surface area contributed by atoms with Gasteiger partial charge in [0.05, 0.1) is 6.61 Å². The van der Waals surface area contributed by atoms with E-state index in [0.717, 1.165) is 18.8 Å². The molecule has 0 aliphatic rings. The molecule has 1 heterocycles. The predicted molar refractivity (Wildman–Crippen MR) is 78.7 cm³/mol. The fourth-order valence-electron chi connectivity index (χ4n) is 1.85. The van der Waals surface area contributed by atoms with E-state index in [1.807, 2.05) is 0 Å². The normalized spacial score (nSPS) is 12.3. The van der Waals surface area contributed by atoms with Crippen molar-refractivity contribution in [3.63, 3.8) is 0 Å². The summed E-state index contributed by atoms with van der Waals surface area (Å²) in [6.45, 7) is 5.22. The van der Waals surface area contributed by atoms with Gasteiger partial charge in [-0.3, -0.25) is 0 Å². The lowest BCUT2D eigenvalue weighted by atomic mass is 9.99. The summed E-state index contributed by atoms with van der Waals surface area (Å²) in [5, 5.41) is 4.28.